The fourth-order valence-electron chi connectivity index (χ4n) is 5.68. The highest BCUT2D eigenvalue weighted by Gasteiger charge is 2.54. The Labute approximate surface area is 223 Å². The molecule has 0 spiro atoms. The molecule has 8 heteroatoms. The maximum absolute atomic E-state index is 13.3. The molecular weight excluding hydrogens is 486 g/mol. The van der Waals surface area contributed by atoms with Crippen LogP contribution in [0.15, 0.2) is 63.6 Å². The predicted octanol–water partition coefficient (Wildman–Crippen LogP) is 3.72. The van der Waals surface area contributed by atoms with Gasteiger partial charge in [0.2, 0.25) is 11.8 Å². The van der Waals surface area contributed by atoms with Gasteiger partial charge in [0.05, 0.1) is 24.5 Å². The number of likely N-dealkylation sites (tertiary alicyclic amines) is 1. The SMILES string of the molecule is CCCN1C(=O)[C@@H]2[C@@H](CC(COc3ccccc3)=C([C@H](O)CC/C(C)=C/c3ccc(CO)o3)[C@@H]2CO)C1=O. The molecule has 8 nitrogen and oxygen atoms in total. The number of rotatable bonds is 12. The van der Waals surface area contributed by atoms with Crippen molar-refractivity contribution < 1.29 is 34.1 Å². The van der Waals surface area contributed by atoms with E-state index in [9.17, 15) is 24.9 Å². The van der Waals surface area contributed by atoms with Crippen LogP contribution in [-0.4, -0.2) is 57.9 Å². The molecule has 1 saturated heterocycles. The number of furan rings is 1. The molecule has 0 radical (unpaired) electrons. The molecule has 1 aliphatic carbocycles. The number of nitrogens with zero attached hydrogens (tertiary/aromatic N) is 1. The summed E-state index contributed by atoms with van der Waals surface area (Å²) in [6, 6.07) is 12.8. The Bertz CT molecular complexity index is 1180. The molecule has 0 unspecified atom stereocenters. The Morgan fingerprint density at radius 3 is 2.58 bits per heavy atom. The Morgan fingerprint density at radius 1 is 1.16 bits per heavy atom. The third-order valence-electron chi connectivity index (χ3n) is 7.47. The van der Waals surface area contributed by atoms with E-state index in [1.807, 2.05) is 50.3 Å². The molecule has 0 bridgehead atoms. The van der Waals surface area contributed by atoms with Gasteiger partial charge in [0.1, 0.15) is 30.5 Å². The lowest BCUT2D eigenvalue weighted by atomic mass is 9.68. The normalized spacial score (nSPS) is 22.7. The van der Waals surface area contributed by atoms with Gasteiger partial charge >= 0.3 is 0 Å². The molecule has 2 heterocycles. The van der Waals surface area contributed by atoms with E-state index in [4.69, 9.17) is 9.15 Å². The smallest absolute Gasteiger partial charge is 0.233 e. The lowest BCUT2D eigenvalue weighted by Gasteiger charge is -2.36. The van der Waals surface area contributed by atoms with E-state index < -0.39 is 23.9 Å². The van der Waals surface area contributed by atoms with Crippen LogP contribution in [0.2, 0.25) is 0 Å². The van der Waals surface area contributed by atoms with Crippen LogP contribution in [0.4, 0.5) is 0 Å². The van der Waals surface area contributed by atoms with Crippen molar-refractivity contribution in [3.8, 4) is 5.75 Å². The summed E-state index contributed by atoms with van der Waals surface area (Å²) in [5, 5.41) is 31.1. The van der Waals surface area contributed by atoms with Crippen molar-refractivity contribution in [2.45, 2.75) is 52.2 Å². The van der Waals surface area contributed by atoms with E-state index in [0.29, 0.717) is 55.1 Å². The van der Waals surface area contributed by atoms with Gasteiger partial charge in [-0.25, -0.2) is 0 Å². The van der Waals surface area contributed by atoms with Crippen molar-refractivity contribution in [1.29, 1.82) is 0 Å². The van der Waals surface area contributed by atoms with Crippen LogP contribution in [0.3, 0.4) is 0 Å². The summed E-state index contributed by atoms with van der Waals surface area (Å²) in [7, 11) is 0. The highest BCUT2D eigenvalue weighted by Crippen LogP contribution is 2.46. The maximum atomic E-state index is 13.3. The van der Waals surface area contributed by atoms with Gasteiger partial charge in [0.25, 0.3) is 0 Å². The van der Waals surface area contributed by atoms with Gasteiger partial charge in [-0.3, -0.25) is 14.5 Å². The number of aliphatic hydroxyl groups is 3. The third kappa shape index (κ3) is 5.93. The molecule has 1 aromatic carbocycles. The van der Waals surface area contributed by atoms with Gasteiger partial charge in [-0.2, -0.15) is 0 Å². The minimum Gasteiger partial charge on any atom is -0.489 e. The van der Waals surface area contributed by atoms with Crippen LogP contribution in [0, 0.1) is 17.8 Å². The standard InChI is InChI=1S/C30H37NO7/c1-3-13-31-29(35)24-15-20(18-37-21-7-5-4-6-8-21)27(25(17-33)28(24)30(31)36)26(34)12-9-19(2)14-22-10-11-23(16-32)38-22/h4-8,10-11,14,24-26,28,32-34H,3,9,12-13,15-18H2,1-2H3/b19-14+/t24-,25+,26-,28-/m1/s1. The number of hydrogen-bond donors (Lipinski definition) is 3. The van der Waals surface area contributed by atoms with Gasteiger partial charge in [-0.15, -0.1) is 0 Å². The van der Waals surface area contributed by atoms with Crippen molar-refractivity contribution in [2.24, 2.45) is 17.8 Å². The minimum atomic E-state index is -0.918. The van der Waals surface area contributed by atoms with E-state index in [1.54, 1.807) is 12.1 Å². The molecule has 204 valence electrons. The first kappa shape index (κ1) is 27.8. The number of carbonyl (C=O) groups is 2. The lowest BCUT2D eigenvalue weighted by Crippen LogP contribution is -2.40. The lowest BCUT2D eigenvalue weighted by molar-refractivity contribution is -0.140. The van der Waals surface area contributed by atoms with Crippen LogP contribution in [0.25, 0.3) is 6.08 Å². The van der Waals surface area contributed by atoms with Gasteiger partial charge in [-0.05, 0) is 74.1 Å². The molecule has 2 aromatic rings. The number of carbonyl (C=O) groups excluding carboxylic acids is 2. The number of benzene rings is 1. The number of para-hydroxylation sites is 1. The van der Waals surface area contributed by atoms with Gasteiger partial charge < -0.3 is 24.5 Å². The molecule has 4 atom stereocenters. The Balaban J connectivity index is 1.59. The van der Waals surface area contributed by atoms with Crippen molar-refractivity contribution in [1.82, 2.24) is 4.90 Å². The fourth-order valence-corrected chi connectivity index (χ4v) is 5.68. The number of ether oxygens (including phenoxy) is 1. The summed E-state index contributed by atoms with van der Waals surface area (Å²) in [6.45, 7) is 3.86. The minimum absolute atomic E-state index is 0.163. The van der Waals surface area contributed by atoms with E-state index in [2.05, 4.69) is 0 Å². The Hall–Kier alpha value is -3.20. The molecule has 3 N–H and O–H groups in total. The Kier molecular flexibility index (Phi) is 9.20. The second kappa shape index (κ2) is 12.6. The summed E-state index contributed by atoms with van der Waals surface area (Å²) < 4.78 is 11.5. The van der Waals surface area contributed by atoms with Gasteiger partial charge in [0.15, 0.2) is 0 Å². The zero-order valence-electron chi connectivity index (χ0n) is 22.0. The van der Waals surface area contributed by atoms with E-state index in [-0.39, 0.29) is 31.6 Å². The first-order chi connectivity index (χ1) is 18.4. The fraction of sp³-hybridized carbons (Fsp3) is 0.467. The first-order valence-electron chi connectivity index (χ1n) is 13.3. The summed E-state index contributed by atoms with van der Waals surface area (Å²) in [5.41, 5.74) is 2.35. The number of allylic oxidation sites excluding steroid dienone is 1. The quantitative estimate of drug-likeness (QED) is 0.286. The molecule has 4 rings (SSSR count). The molecule has 1 aromatic heterocycles. The van der Waals surface area contributed by atoms with Crippen LogP contribution in [0.5, 0.6) is 5.75 Å². The largest absolute Gasteiger partial charge is 0.489 e. The predicted molar refractivity (Wildman–Crippen MR) is 142 cm³/mol. The number of fused-ring (bicyclic) bond motifs is 1. The third-order valence-corrected chi connectivity index (χ3v) is 7.47. The van der Waals surface area contributed by atoms with Gasteiger partial charge in [0, 0.05) is 12.5 Å². The molecule has 38 heavy (non-hydrogen) atoms. The number of hydrogen-bond acceptors (Lipinski definition) is 7. The second-order valence-corrected chi connectivity index (χ2v) is 10.1. The zero-order chi connectivity index (χ0) is 27.2. The first-order valence-corrected chi connectivity index (χ1v) is 13.3. The molecule has 2 aliphatic rings. The second-order valence-electron chi connectivity index (χ2n) is 10.1. The maximum Gasteiger partial charge on any atom is 0.233 e. The zero-order valence-corrected chi connectivity index (χ0v) is 22.0. The highest BCUT2D eigenvalue weighted by atomic mass is 16.5. The summed E-state index contributed by atoms with van der Waals surface area (Å²) in [4.78, 5) is 27.8. The topological polar surface area (TPSA) is 120 Å². The van der Waals surface area contributed by atoms with Crippen LogP contribution in [0.1, 0.15) is 51.1 Å². The van der Waals surface area contributed by atoms with Crippen LogP contribution >= 0.6 is 0 Å². The monoisotopic (exact) mass is 523 g/mol. The van der Waals surface area contributed by atoms with Crippen LogP contribution < -0.4 is 4.74 Å². The average Bonchev–Trinajstić information content (AvgIpc) is 3.48. The highest BCUT2D eigenvalue weighted by molar-refractivity contribution is 6.05. The Morgan fingerprint density at radius 2 is 1.92 bits per heavy atom. The van der Waals surface area contributed by atoms with E-state index >= 15 is 0 Å². The molecular formula is C30H37NO7. The molecule has 1 fully saturated rings. The van der Waals surface area contributed by atoms with Crippen molar-refractivity contribution >= 4 is 17.9 Å². The number of amides is 2. The van der Waals surface area contributed by atoms with Crippen molar-refractivity contribution in [3.63, 3.8) is 0 Å². The van der Waals surface area contributed by atoms with Crippen molar-refractivity contribution in [2.75, 3.05) is 19.8 Å². The van der Waals surface area contributed by atoms with Crippen LogP contribution in [-0.2, 0) is 16.2 Å². The summed E-state index contributed by atoms with van der Waals surface area (Å²) in [6.07, 6.45) is 2.84. The van der Waals surface area contributed by atoms with E-state index in [0.717, 1.165) is 11.1 Å². The summed E-state index contributed by atoms with van der Waals surface area (Å²) >= 11 is 0. The van der Waals surface area contributed by atoms with Gasteiger partial charge in [-0.1, -0.05) is 30.7 Å². The number of aliphatic hydroxyl groups excluding tert-OH is 3. The summed E-state index contributed by atoms with van der Waals surface area (Å²) in [5.74, 6) is -0.591. The molecule has 0 saturated carbocycles. The van der Waals surface area contributed by atoms with Crippen molar-refractivity contribution in [3.05, 3.63) is 70.7 Å². The van der Waals surface area contributed by atoms with E-state index in [1.165, 1.54) is 4.90 Å². The molecule has 2 amide bonds. The number of imide groups is 1. The average molecular weight is 524 g/mol. The molecule has 1 aliphatic heterocycles.